The van der Waals surface area contributed by atoms with Crippen LogP contribution in [0, 0.1) is 6.92 Å². The Morgan fingerprint density at radius 1 is 1.43 bits per heavy atom. The molecule has 1 saturated carbocycles. The molecule has 2 N–H and O–H groups in total. The minimum absolute atomic E-state index is 0.0408. The van der Waals surface area contributed by atoms with Gasteiger partial charge in [0.05, 0.1) is 13.2 Å². The number of hydrogen-bond donors (Lipinski definition) is 2. The maximum absolute atomic E-state index is 10.5. The predicted molar refractivity (Wildman–Crippen MR) is 81.6 cm³/mol. The molecule has 1 unspecified atom stereocenters. The third kappa shape index (κ3) is 2.30. The fourth-order valence-electron chi connectivity index (χ4n) is 3.64. The van der Waals surface area contributed by atoms with Crippen LogP contribution in [-0.4, -0.2) is 17.8 Å². The van der Waals surface area contributed by atoms with Crippen LogP contribution in [-0.2, 0) is 4.84 Å². The Labute approximate surface area is 126 Å². The van der Waals surface area contributed by atoms with Gasteiger partial charge in [0.1, 0.15) is 17.1 Å². The van der Waals surface area contributed by atoms with Crippen molar-refractivity contribution in [3.05, 3.63) is 22.8 Å². The number of nitrogens with one attached hydrogen (secondary N) is 1. The number of benzene rings is 1. The summed E-state index contributed by atoms with van der Waals surface area (Å²) in [6, 6.07) is 2.09. The first-order valence-corrected chi connectivity index (χ1v) is 7.81. The molecule has 1 aliphatic heterocycles. The molecule has 1 atom stereocenters. The zero-order valence-corrected chi connectivity index (χ0v) is 13.3. The molecule has 1 aliphatic carbocycles. The van der Waals surface area contributed by atoms with Gasteiger partial charge < -0.3 is 14.7 Å². The minimum Gasteiger partial charge on any atom is -0.507 e. The number of rotatable bonds is 3. The maximum Gasteiger partial charge on any atom is 0.125 e. The number of hydroxylamine groups is 1. The van der Waals surface area contributed by atoms with Gasteiger partial charge in [-0.2, -0.15) is 5.48 Å². The third-order valence-corrected chi connectivity index (χ3v) is 4.98. The van der Waals surface area contributed by atoms with Gasteiger partial charge in [-0.15, -0.1) is 0 Å². The number of phenolic OH excluding ortho intramolecular Hbond substituents is 1. The number of phenols is 1. The molecule has 0 bridgehead atoms. The standard InChI is InChI=1S/C17H25NO3/c1-10(2)12-8-14-15(11(3)16(12)19)13(18-20-4)9-17(21-14)6-5-7-17/h8,10,13,18-19H,5-7,9H2,1-4H3. The zero-order valence-electron chi connectivity index (χ0n) is 13.3. The summed E-state index contributed by atoms with van der Waals surface area (Å²) >= 11 is 0. The quantitative estimate of drug-likeness (QED) is 0.833. The Kier molecular flexibility index (Phi) is 3.62. The Morgan fingerprint density at radius 2 is 2.14 bits per heavy atom. The Balaban J connectivity index is 2.10. The lowest BCUT2D eigenvalue weighted by atomic mass is 9.72. The Hall–Kier alpha value is -1.26. The van der Waals surface area contributed by atoms with Crippen molar-refractivity contribution in [1.29, 1.82) is 0 Å². The van der Waals surface area contributed by atoms with E-state index in [9.17, 15) is 5.11 Å². The van der Waals surface area contributed by atoms with Crippen molar-refractivity contribution in [2.24, 2.45) is 0 Å². The second-order valence-electron chi connectivity index (χ2n) is 6.72. The molecule has 1 heterocycles. The van der Waals surface area contributed by atoms with Crippen LogP contribution < -0.4 is 10.2 Å². The van der Waals surface area contributed by atoms with Crippen molar-refractivity contribution in [2.75, 3.05) is 7.11 Å². The monoisotopic (exact) mass is 291 g/mol. The molecule has 21 heavy (non-hydrogen) atoms. The van der Waals surface area contributed by atoms with Crippen LogP contribution in [0.15, 0.2) is 6.07 Å². The van der Waals surface area contributed by atoms with Crippen LogP contribution in [0.3, 0.4) is 0 Å². The molecule has 1 spiro atoms. The van der Waals surface area contributed by atoms with Gasteiger partial charge in [-0.3, -0.25) is 0 Å². The molecular formula is C17H25NO3. The van der Waals surface area contributed by atoms with Crippen molar-refractivity contribution in [3.8, 4) is 11.5 Å². The SMILES string of the molecule is CONC1CC2(CCC2)Oc2cc(C(C)C)c(O)c(C)c21. The predicted octanol–water partition coefficient (Wildman–Crippen LogP) is 3.72. The fourth-order valence-corrected chi connectivity index (χ4v) is 3.64. The summed E-state index contributed by atoms with van der Waals surface area (Å²) in [6.45, 7) is 6.15. The van der Waals surface area contributed by atoms with Crippen molar-refractivity contribution in [2.45, 2.75) is 64.0 Å². The molecule has 0 saturated heterocycles. The molecular weight excluding hydrogens is 266 g/mol. The van der Waals surface area contributed by atoms with E-state index in [1.165, 1.54) is 6.42 Å². The molecule has 0 amide bonds. The summed E-state index contributed by atoms with van der Waals surface area (Å²) < 4.78 is 6.35. The van der Waals surface area contributed by atoms with Crippen LogP contribution in [0.25, 0.3) is 0 Å². The minimum atomic E-state index is -0.0408. The van der Waals surface area contributed by atoms with Crippen molar-refractivity contribution < 1.29 is 14.7 Å². The number of fused-ring (bicyclic) bond motifs is 1. The van der Waals surface area contributed by atoms with Crippen LogP contribution in [0.2, 0.25) is 0 Å². The van der Waals surface area contributed by atoms with Crippen molar-refractivity contribution >= 4 is 0 Å². The summed E-state index contributed by atoms with van der Waals surface area (Å²) in [5, 5.41) is 10.5. The maximum atomic E-state index is 10.5. The fraction of sp³-hybridized carbons (Fsp3) is 0.647. The van der Waals surface area contributed by atoms with E-state index in [1.54, 1.807) is 7.11 Å². The van der Waals surface area contributed by atoms with E-state index in [0.717, 1.165) is 41.7 Å². The highest BCUT2D eigenvalue weighted by molar-refractivity contribution is 5.56. The van der Waals surface area contributed by atoms with E-state index in [2.05, 4.69) is 19.3 Å². The van der Waals surface area contributed by atoms with E-state index in [1.807, 2.05) is 13.0 Å². The van der Waals surface area contributed by atoms with Gasteiger partial charge in [-0.25, -0.2) is 0 Å². The highest BCUT2D eigenvalue weighted by Gasteiger charge is 2.46. The molecule has 1 aromatic carbocycles. The molecule has 0 radical (unpaired) electrons. The largest absolute Gasteiger partial charge is 0.507 e. The van der Waals surface area contributed by atoms with Crippen LogP contribution >= 0.6 is 0 Å². The average molecular weight is 291 g/mol. The molecule has 1 aromatic rings. The lowest BCUT2D eigenvalue weighted by Gasteiger charge is -2.48. The molecule has 2 aliphatic rings. The lowest BCUT2D eigenvalue weighted by Crippen LogP contribution is -2.49. The molecule has 0 aromatic heterocycles. The molecule has 4 nitrogen and oxygen atoms in total. The molecule has 4 heteroatoms. The summed E-state index contributed by atoms with van der Waals surface area (Å²) in [4.78, 5) is 5.19. The summed E-state index contributed by atoms with van der Waals surface area (Å²) in [5.74, 6) is 1.57. The first-order valence-electron chi connectivity index (χ1n) is 7.81. The van der Waals surface area contributed by atoms with Crippen LogP contribution in [0.5, 0.6) is 11.5 Å². The zero-order chi connectivity index (χ0) is 15.2. The first-order chi connectivity index (χ1) is 9.97. The van der Waals surface area contributed by atoms with Crippen molar-refractivity contribution in [3.63, 3.8) is 0 Å². The van der Waals surface area contributed by atoms with Gasteiger partial charge in [0.25, 0.3) is 0 Å². The van der Waals surface area contributed by atoms with Gasteiger partial charge >= 0.3 is 0 Å². The van der Waals surface area contributed by atoms with E-state index < -0.39 is 0 Å². The van der Waals surface area contributed by atoms with E-state index >= 15 is 0 Å². The third-order valence-electron chi connectivity index (χ3n) is 4.98. The molecule has 3 rings (SSSR count). The summed E-state index contributed by atoms with van der Waals surface area (Å²) in [5.41, 5.74) is 5.95. The van der Waals surface area contributed by atoms with Crippen LogP contribution in [0.4, 0.5) is 0 Å². The van der Waals surface area contributed by atoms with Gasteiger partial charge in [0.15, 0.2) is 0 Å². The van der Waals surface area contributed by atoms with Crippen LogP contribution in [0.1, 0.15) is 68.2 Å². The number of hydrogen-bond acceptors (Lipinski definition) is 4. The Bertz CT molecular complexity index is 549. The highest BCUT2D eigenvalue weighted by Crippen LogP contribution is 2.52. The topological polar surface area (TPSA) is 50.7 Å². The second kappa shape index (κ2) is 5.18. The van der Waals surface area contributed by atoms with Gasteiger partial charge in [-0.05, 0) is 43.7 Å². The van der Waals surface area contributed by atoms with E-state index in [-0.39, 0.29) is 17.6 Å². The summed E-state index contributed by atoms with van der Waals surface area (Å²) in [7, 11) is 1.64. The average Bonchev–Trinajstić information content (AvgIpc) is 2.40. The summed E-state index contributed by atoms with van der Waals surface area (Å²) in [6.07, 6.45) is 4.33. The molecule has 1 fully saturated rings. The van der Waals surface area contributed by atoms with E-state index in [0.29, 0.717) is 5.75 Å². The number of ether oxygens (including phenoxy) is 1. The van der Waals surface area contributed by atoms with Gasteiger partial charge in [0, 0.05) is 17.5 Å². The van der Waals surface area contributed by atoms with Gasteiger partial charge in [0.2, 0.25) is 0 Å². The first kappa shape index (κ1) is 14.7. The second-order valence-corrected chi connectivity index (χ2v) is 6.72. The van der Waals surface area contributed by atoms with Gasteiger partial charge in [-0.1, -0.05) is 13.8 Å². The van der Waals surface area contributed by atoms with Crippen molar-refractivity contribution in [1.82, 2.24) is 5.48 Å². The number of aromatic hydroxyl groups is 1. The Morgan fingerprint density at radius 3 is 2.67 bits per heavy atom. The lowest BCUT2D eigenvalue weighted by molar-refractivity contribution is -0.0602. The normalized spacial score (nSPS) is 22.8. The highest BCUT2D eigenvalue weighted by atomic mass is 16.6. The molecule has 116 valence electrons. The van der Waals surface area contributed by atoms with E-state index in [4.69, 9.17) is 9.57 Å². The smallest absolute Gasteiger partial charge is 0.125 e.